The Balaban J connectivity index is 3.48. The summed E-state index contributed by atoms with van der Waals surface area (Å²) in [7, 11) is 0. The second-order valence-electron chi connectivity index (χ2n) is 1.34. The lowest BCUT2D eigenvalue weighted by atomic mass is 10.3. The Morgan fingerprint density at radius 2 is 2.25 bits per heavy atom. The maximum atomic E-state index is 10.3. The van der Waals surface area contributed by atoms with Crippen LogP contribution in [0.5, 0.6) is 0 Å². The van der Waals surface area contributed by atoms with Crippen LogP contribution >= 0.6 is 0 Å². The van der Waals surface area contributed by atoms with Crippen LogP contribution < -0.4 is 0 Å². The molecule has 0 aromatic carbocycles. The highest BCUT2D eigenvalue weighted by Gasteiger charge is 1.89. The summed E-state index contributed by atoms with van der Waals surface area (Å²) in [6.07, 6.45) is 3.60. The van der Waals surface area contributed by atoms with Gasteiger partial charge in [-0.3, -0.25) is 4.79 Å². The first kappa shape index (κ1) is 7.08. The number of ketones is 1. The van der Waals surface area contributed by atoms with E-state index in [4.69, 9.17) is 0 Å². The van der Waals surface area contributed by atoms with Crippen molar-refractivity contribution in [2.75, 3.05) is 0 Å². The molecular weight excluding hydrogens is 104 g/mol. The zero-order chi connectivity index (χ0) is 6.41. The van der Waals surface area contributed by atoms with Gasteiger partial charge >= 0.3 is 0 Å². The largest absolute Gasteiger partial charge is 0.303 e. The van der Waals surface area contributed by atoms with Crippen molar-refractivity contribution < 1.29 is 9.59 Å². The van der Waals surface area contributed by atoms with Gasteiger partial charge in [-0.2, -0.15) is 0 Å². The maximum absolute atomic E-state index is 10.3. The molecule has 0 radical (unpaired) electrons. The van der Waals surface area contributed by atoms with Gasteiger partial charge in [0.15, 0.2) is 5.78 Å². The van der Waals surface area contributed by atoms with E-state index in [-0.39, 0.29) is 12.2 Å². The first-order valence-electron chi connectivity index (χ1n) is 2.40. The summed E-state index contributed by atoms with van der Waals surface area (Å²) in [5, 5.41) is 0. The summed E-state index contributed by atoms with van der Waals surface area (Å²) in [4.78, 5) is 20.0. The van der Waals surface area contributed by atoms with Gasteiger partial charge < -0.3 is 4.79 Å². The fourth-order valence-corrected chi connectivity index (χ4v) is 0.336. The second kappa shape index (κ2) is 4.24. The molecule has 0 fully saturated rings. The Labute approximate surface area is 48.2 Å². The zero-order valence-electron chi connectivity index (χ0n) is 4.76. The van der Waals surface area contributed by atoms with Crippen LogP contribution in [0.3, 0.4) is 0 Å². The van der Waals surface area contributed by atoms with Crippen LogP contribution in [0, 0.1) is 0 Å². The Hall–Kier alpha value is -0.920. The van der Waals surface area contributed by atoms with Crippen molar-refractivity contribution in [2.24, 2.45) is 0 Å². The van der Waals surface area contributed by atoms with Crippen LogP contribution in [0.25, 0.3) is 0 Å². The van der Waals surface area contributed by atoms with Gasteiger partial charge in [0.25, 0.3) is 0 Å². The fourth-order valence-electron chi connectivity index (χ4n) is 0.336. The van der Waals surface area contributed by atoms with E-state index in [1.54, 1.807) is 13.0 Å². The Morgan fingerprint density at radius 1 is 1.62 bits per heavy atom. The molecule has 0 spiro atoms. The summed E-state index contributed by atoms with van der Waals surface area (Å²) in [5.41, 5.74) is 0. The van der Waals surface area contributed by atoms with E-state index in [1.165, 1.54) is 6.08 Å². The maximum Gasteiger partial charge on any atom is 0.162 e. The summed E-state index contributed by atoms with van der Waals surface area (Å²) >= 11 is 0. The summed E-state index contributed by atoms with van der Waals surface area (Å²) in [5.74, 6) is -0.137. The monoisotopic (exact) mass is 112 g/mol. The van der Waals surface area contributed by atoms with E-state index in [2.05, 4.69) is 0 Å². The van der Waals surface area contributed by atoms with Crippen molar-refractivity contribution in [3.8, 4) is 0 Å². The minimum absolute atomic E-state index is 0.00431. The minimum atomic E-state index is -0.137. The Bertz CT molecular complexity index is 114. The fraction of sp³-hybridized carbons (Fsp3) is 0.333. The lowest BCUT2D eigenvalue weighted by molar-refractivity contribution is -0.118. The van der Waals surface area contributed by atoms with Crippen molar-refractivity contribution in [1.29, 1.82) is 0 Å². The number of hydrogen-bond acceptors (Lipinski definition) is 2. The van der Waals surface area contributed by atoms with Crippen molar-refractivity contribution in [3.63, 3.8) is 0 Å². The van der Waals surface area contributed by atoms with Crippen LogP contribution in [0.1, 0.15) is 13.3 Å². The average Bonchev–Trinajstić information content (AvgIpc) is 1.68. The predicted octanol–water partition coefficient (Wildman–Crippen LogP) is 0.721. The molecule has 0 aromatic heterocycles. The lowest BCUT2D eigenvalue weighted by Crippen LogP contribution is -1.90. The molecule has 0 aliphatic heterocycles. The molecule has 44 valence electrons. The first-order chi connectivity index (χ1) is 3.81. The Kier molecular flexibility index (Phi) is 3.76. The van der Waals surface area contributed by atoms with Gasteiger partial charge in [0, 0.05) is 0 Å². The molecule has 0 N–H and O–H groups in total. The molecule has 0 amide bonds. The molecule has 0 saturated heterocycles. The molecule has 0 aromatic rings. The van der Waals surface area contributed by atoms with Gasteiger partial charge in [0.2, 0.25) is 0 Å². The molecule has 0 unspecified atom stereocenters. The van der Waals surface area contributed by atoms with Crippen molar-refractivity contribution in [1.82, 2.24) is 0 Å². The summed E-state index contributed by atoms with van der Waals surface area (Å²) in [6.45, 7) is 1.74. The quantitative estimate of drug-likeness (QED) is 0.306. The SMILES string of the molecule is C/C=C/C(=O)CC=O. The molecule has 0 rings (SSSR count). The highest BCUT2D eigenvalue weighted by Crippen LogP contribution is 1.79. The van der Waals surface area contributed by atoms with E-state index in [0.717, 1.165) is 0 Å². The molecule has 0 aliphatic carbocycles. The van der Waals surface area contributed by atoms with Crippen molar-refractivity contribution in [2.45, 2.75) is 13.3 Å². The smallest absolute Gasteiger partial charge is 0.162 e. The number of hydrogen-bond donors (Lipinski definition) is 0. The number of rotatable bonds is 3. The summed E-state index contributed by atoms with van der Waals surface area (Å²) in [6, 6.07) is 0. The highest BCUT2D eigenvalue weighted by molar-refractivity contribution is 5.97. The average molecular weight is 112 g/mol. The van der Waals surface area contributed by atoms with Crippen molar-refractivity contribution in [3.05, 3.63) is 12.2 Å². The number of carbonyl (C=O) groups is 2. The Morgan fingerprint density at radius 3 is 2.62 bits per heavy atom. The van der Waals surface area contributed by atoms with E-state index < -0.39 is 0 Å². The second-order valence-corrected chi connectivity index (χ2v) is 1.34. The van der Waals surface area contributed by atoms with Gasteiger partial charge in [-0.05, 0) is 13.0 Å². The van der Waals surface area contributed by atoms with Crippen LogP contribution in [-0.4, -0.2) is 12.1 Å². The van der Waals surface area contributed by atoms with Gasteiger partial charge in [-0.1, -0.05) is 6.08 Å². The van der Waals surface area contributed by atoms with Gasteiger partial charge in [-0.15, -0.1) is 0 Å². The lowest BCUT2D eigenvalue weighted by Gasteiger charge is -1.77. The zero-order valence-corrected chi connectivity index (χ0v) is 4.76. The molecule has 2 heteroatoms. The predicted molar refractivity (Wildman–Crippen MR) is 30.5 cm³/mol. The molecule has 0 heterocycles. The molecule has 0 bridgehead atoms. The first-order valence-corrected chi connectivity index (χ1v) is 2.40. The van der Waals surface area contributed by atoms with Crippen LogP contribution in [0.15, 0.2) is 12.2 Å². The molecule has 0 atom stereocenters. The normalized spacial score (nSPS) is 9.62. The van der Waals surface area contributed by atoms with Gasteiger partial charge in [-0.25, -0.2) is 0 Å². The van der Waals surface area contributed by atoms with E-state index >= 15 is 0 Å². The van der Waals surface area contributed by atoms with Gasteiger partial charge in [0.05, 0.1) is 6.42 Å². The number of allylic oxidation sites excluding steroid dienone is 2. The van der Waals surface area contributed by atoms with Gasteiger partial charge in [0.1, 0.15) is 6.29 Å². The third-order valence-corrected chi connectivity index (χ3v) is 0.637. The van der Waals surface area contributed by atoms with Crippen LogP contribution in [0.2, 0.25) is 0 Å². The highest BCUT2D eigenvalue weighted by atomic mass is 16.1. The molecule has 0 aliphatic rings. The number of carbonyl (C=O) groups excluding carboxylic acids is 2. The van der Waals surface area contributed by atoms with Crippen LogP contribution in [0.4, 0.5) is 0 Å². The topological polar surface area (TPSA) is 34.1 Å². The molecule has 8 heavy (non-hydrogen) atoms. The van der Waals surface area contributed by atoms with E-state index in [9.17, 15) is 9.59 Å². The third-order valence-electron chi connectivity index (χ3n) is 0.637. The molecule has 0 saturated carbocycles. The van der Waals surface area contributed by atoms with E-state index in [0.29, 0.717) is 6.29 Å². The van der Waals surface area contributed by atoms with Crippen LogP contribution in [-0.2, 0) is 9.59 Å². The molecule has 2 nitrogen and oxygen atoms in total. The van der Waals surface area contributed by atoms with Crippen molar-refractivity contribution >= 4 is 12.1 Å². The molecular formula is C6H8O2. The standard InChI is InChI=1S/C6H8O2/c1-2-3-6(8)4-5-7/h2-3,5H,4H2,1H3/b3-2+. The summed E-state index contributed by atoms with van der Waals surface area (Å²) < 4.78 is 0. The third kappa shape index (κ3) is 3.28. The minimum Gasteiger partial charge on any atom is -0.303 e. The van der Waals surface area contributed by atoms with E-state index in [1.807, 2.05) is 0 Å². The number of aldehydes is 1.